The minimum absolute atomic E-state index is 0.0160. The Labute approximate surface area is 93.4 Å². The summed E-state index contributed by atoms with van der Waals surface area (Å²) in [5.74, 6) is 0.646. The first-order valence-electron chi connectivity index (χ1n) is 5.89. The predicted molar refractivity (Wildman–Crippen MR) is 61.9 cm³/mol. The van der Waals surface area contributed by atoms with Gasteiger partial charge in [0.25, 0.3) is 0 Å². The molecule has 1 N–H and O–H groups in total. The number of aliphatic hydroxyl groups is 1. The second-order valence-electron chi connectivity index (χ2n) is 5.36. The molecular formula is C12H25NO2. The summed E-state index contributed by atoms with van der Waals surface area (Å²) in [6.07, 6.45) is 0.985. The Morgan fingerprint density at radius 2 is 2.07 bits per heavy atom. The van der Waals surface area contributed by atoms with Crippen molar-refractivity contribution in [2.75, 3.05) is 33.4 Å². The minimum atomic E-state index is -0.0160. The van der Waals surface area contributed by atoms with E-state index in [9.17, 15) is 5.11 Å². The summed E-state index contributed by atoms with van der Waals surface area (Å²) in [5, 5.41) is 9.48. The van der Waals surface area contributed by atoms with E-state index in [4.69, 9.17) is 4.74 Å². The highest BCUT2D eigenvalue weighted by Crippen LogP contribution is 2.29. The molecule has 0 spiro atoms. The number of hydrogen-bond acceptors (Lipinski definition) is 3. The van der Waals surface area contributed by atoms with E-state index in [0.29, 0.717) is 18.6 Å². The van der Waals surface area contributed by atoms with E-state index in [-0.39, 0.29) is 12.0 Å². The van der Waals surface area contributed by atoms with Gasteiger partial charge in [0.05, 0.1) is 13.2 Å². The third kappa shape index (κ3) is 3.16. The summed E-state index contributed by atoms with van der Waals surface area (Å²) in [6, 6.07) is 0.550. The zero-order valence-electron chi connectivity index (χ0n) is 10.5. The average molecular weight is 215 g/mol. The fraction of sp³-hybridized carbons (Fsp3) is 1.00. The monoisotopic (exact) mass is 215 g/mol. The maximum absolute atomic E-state index is 9.48. The molecule has 2 unspecified atom stereocenters. The largest absolute Gasteiger partial charge is 0.396 e. The van der Waals surface area contributed by atoms with Crippen molar-refractivity contribution < 1.29 is 9.84 Å². The molecule has 0 amide bonds. The quantitative estimate of drug-likeness (QED) is 0.751. The molecule has 90 valence electrons. The van der Waals surface area contributed by atoms with Gasteiger partial charge in [-0.05, 0) is 26.3 Å². The SMILES string of the molecule is CC(C)C(C)N(C)CC1(CO)CCOC1. The van der Waals surface area contributed by atoms with Crippen molar-refractivity contribution in [2.24, 2.45) is 11.3 Å². The van der Waals surface area contributed by atoms with Gasteiger partial charge in [-0.25, -0.2) is 0 Å². The molecule has 1 fully saturated rings. The molecule has 0 aliphatic carbocycles. The lowest BCUT2D eigenvalue weighted by molar-refractivity contribution is 0.0473. The van der Waals surface area contributed by atoms with Crippen LogP contribution in [0.15, 0.2) is 0 Å². The predicted octanol–water partition coefficient (Wildman–Crippen LogP) is 1.36. The van der Waals surface area contributed by atoms with E-state index in [1.807, 2.05) is 0 Å². The van der Waals surface area contributed by atoms with Crippen LogP contribution in [0, 0.1) is 11.3 Å². The van der Waals surface area contributed by atoms with Crippen LogP contribution in [0.5, 0.6) is 0 Å². The third-order valence-electron chi connectivity index (χ3n) is 3.77. The Kier molecular flexibility index (Phi) is 4.56. The molecule has 1 aliphatic rings. The number of rotatable bonds is 5. The van der Waals surface area contributed by atoms with Crippen molar-refractivity contribution in [1.82, 2.24) is 4.90 Å². The van der Waals surface area contributed by atoms with Crippen molar-refractivity contribution in [3.05, 3.63) is 0 Å². The Morgan fingerprint density at radius 3 is 2.47 bits per heavy atom. The molecule has 0 bridgehead atoms. The summed E-state index contributed by atoms with van der Waals surface area (Å²) in [7, 11) is 2.14. The van der Waals surface area contributed by atoms with Crippen LogP contribution in [0.2, 0.25) is 0 Å². The van der Waals surface area contributed by atoms with Gasteiger partial charge < -0.3 is 14.7 Å². The van der Waals surface area contributed by atoms with Crippen molar-refractivity contribution in [3.8, 4) is 0 Å². The molecular weight excluding hydrogens is 190 g/mol. The maximum atomic E-state index is 9.48. The minimum Gasteiger partial charge on any atom is -0.396 e. The fourth-order valence-electron chi connectivity index (χ4n) is 2.13. The Balaban J connectivity index is 2.51. The second kappa shape index (κ2) is 5.28. The Bertz CT molecular complexity index is 188. The van der Waals surface area contributed by atoms with Crippen LogP contribution in [0.4, 0.5) is 0 Å². The molecule has 1 aliphatic heterocycles. The van der Waals surface area contributed by atoms with Crippen LogP contribution in [0.1, 0.15) is 27.2 Å². The molecule has 0 radical (unpaired) electrons. The lowest BCUT2D eigenvalue weighted by Crippen LogP contribution is -2.44. The number of nitrogens with zero attached hydrogens (tertiary/aromatic N) is 1. The van der Waals surface area contributed by atoms with Crippen LogP contribution < -0.4 is 0 Å². The van der Waals surface area contributed by atoms with Crippen LogP contribution in [-0.2, 0) is 4.74 Å². The van der Waals surface area contributed by atoms with Crippen molar-refractivity contribution in [2.45, 2.75) is 33.2 Å². The average Bonchev–Trinajstić information content (AvgIpc) is 2.65. The van der Waals surface area contributed by atoms with Crippen molar-refractivity contribution in [3.63, 3.8) is 0 Å². The lowest BCUT2D eigenvalue weighted by atomic mass is 9.87. The van der Waals surface area contributed by atoms with E-state index in [2.05, 4.69) is 32.7 Å². The smallest absolute Gasteiger partial charge is 0.0557 e. The van der Waals surface area contributed by atoms with Crippen LogP contribution >= 0.6 is 0 Å². The molecule has 0 aromatic carbocycles. The summed E-state index contributed by atoms with van der Waals surface area (Å²) >= 11 is 0. The number of hydrogen-bond donors (Lipinski definition) is 1. The lowest BCUT2D eigenvalue weighted by Gasteiger charge is -2.35. The highest BCUT2D eigenvalue weighted by atomic mass is 16.5. The summed E-state index contributed by atoms with van der Waals surface area (Å²) in [4.78, 5) is 2.34. The second-order valence-corrected chi connectivity index (χ2v) is 5.36. The van der Waals surface area contributed by atoms with Crippen LogP contribution in [-0.4, -0.2) is 49.5 Å². The summed E-state index contributed by atoms with van der Waals surface area (Å²) < 4.78 is 5.41. The zero-order chi connectivity index (χ0) is 11.5. The van der Waals surface area contributed by atoms with Crippen molar-refractivity contribution in [1.29, 1.82) is 0 Å². The van der Waals surface area contributed by atoms with Crippen LogP contribution in [0.25, 0.3) is 0 Å². The molecule has 1 saturated heterocycles. The zero-order valence-corrected chi connectivity index (χ0v) is 10.5. The third-order valence-corrected chi connectivity index (χ3v) is 3.77. The highest BCUT2D eigenvalue weighted by molar-refractivity contribution is 4.86. The molecule has 0 aromatic heterocycles. The Morgan fingerprint density at radius 1 is 1.40 bits per heavy atom. The van der Waals surface area contributed by atoms with E-state index in [0.717, 1.165) is 19.6 Å². The number of ether oxygens (including phenoxy) is 1. The highest BCUT2D eigenvalue weighted by Gasteiger charge is 2.36. The van der Waals surface area contributed by atoms with Crippen LogP contribution in [0.3, 0.4) is 0 Å². The molecule has 1 heterocycles. The first-order valence-corrected chi connectivity index (χ1v) is 5.89. The molecule has 0 aromatic rings. The van der Waals surface area contributed by atoms with Gasteiger partial charge in [-0.2, -0.15) is 0 Å². The molecule has 0 saturated carbocycles. The topological polar surface area (TPSA) is 32.7 Å². The van der Waals surface area contributed by atoms with E-state index < -0.39 is 0 Å². The van der Waals surface area contributed by atoms with Gasteiger partial charge in [0, 0.05) is 24.6 Å². The van der Waals surface area contributed by atoms with Gasteiger partial charge in [0.1, 0.15) is 0 Å². The van der Waals surface area contributed by atoms with Gasteiger partial charge in [-0.3, -0.25) is 0 Å². The normalized spacial score (nSPS) is 29.0. The fourth-order valence-corrected chi connectivity index (χ4v) is 2.13. The first-order chi connectivity index (χ1) is 7.01. The molecule has 2 atom stereocenters. The molecule has 15 heavy (non-hydrogen) atoms. The number of aliphatic hydroxyl groups excluding tert-OH is 1. The van der Waals surface area contributed by atoms with Gasteiger partial charge in [-0.15, -0.1) is 0 Å². The van der Waals surface area contributed by atoms with E-state index in [1.54, 1.807) is 0 Å². The first kappa shape index (κ1) is 12.9. The summed E-state index contributed by atoms with van der Waals surface area (Å²) in [5.41, 5.74) is -0.0160. The van der Waals surface area contributed by atoms with Gasteiger partial charge in [0.15, 0.2) is 0 Å². The molecule has 3 nitrogen and oxygen atoms in total. The van der Waals surface area contributed by atoms with E-state index >= 15 is 0 Å². The summed E-state index contributed by atoms with van der Waals surface area (Å²) in [6.45, 7) is 9.38. The van der Waals surface area contributed by atoms with E-state index in [1.165, 1.54) is 0 Å². The van der Waals surface area contributed by atoms with Crippen molar-refractivity contribution >= 4 is 0 Å². The molecule has 3 heteroatoms. The van der Waals surface area contributed by atoms with Gasteiger partial charge in [-0.1, -0.05) is 13.8 Å². The molecule has 1 rings (SSSR count). The van der Waals surface area contributed by atoms with Gasteiger partial charge in [0.2, 0.25) is 0 Å². The Hall–Kier alpha value is -0.120. The maximum Gasteiger partial charge on any atom is 0.0557 e. The standard InChI is InChI=1S/C12H25NO2/c1-10(2)11(3)13(4)7-12(8-14)5-6-15-9-12/h10-11,14H,5-9H2,1-4H3. The van der Waals surface area contributed by atoms with Gasteiger partial charge >= 0.3 is 0 Å².